The summed E-state index contributed by atoms with van der Waals surface area (Å²) >= 11 is 3.38. The predicted molar refractivity (Wildman–Crippen MR) is 70.7 cm³/mol. The first-order valence-corrected chi connectivity index (χ1v) is 5.91. The van der Waals surface area contributed by atoms with Crippen LogP contribution in [0.5, 0.6) is 0 Å². The summed E-state index contributed by atoms with van der Waals surface area (Å²) < 4.78 is 2.69. The predicted octanol–water partition coefficient (Wildman–Crippen LogP) is 3.08. The van der Waals surface area contributed by atoms with Crippen molar-refractivity contribution in [2.45, 2.75) is 0 Å². The van der Waals surface area contributed by atoms with Gasteiger partial charge in [-0.25, -0.2) is 4.98 Å². The van der Waals surface area contributed by atoms with Gasteiger partial charge in [-0.1, -0.05) is 34.1 Å². The summed E-state index contributed by atoms with van der Waals surface area (Å²) in [5.74, 6) is 0.341. The Morgan fingerprint density at radius 2 is 2.29 bits per heavy atom. The van der Waals surface area contributed by atoms with Gasteiger partial charge >= 0.3 is 0 Å². The molecule has 0 amide bonds. The lowest BCUT2D eigenvalue weighted by molar-refractivity contribution is 0.103. The average Bonchev–Trinajstić information content (AvgIpc) is 2.72. The van der Waals surface area contributed by atoms with E-state index < -0.39 is 0 Å². The molecule has 17 heavy (non-hydrogen) atoms. The molecule has 1 aromatic carbocycles. The van der Waals surface area contributed by atoms with E-state index >= 15 is 0 Å². The summed E-state index contributed by atoms with van der Waals surface area (Å²) in [6.07, 6.45) is 6.67. The third-order valence-corrected chi connectivity index (χ3v) is 2.81. The Morgan fingerprint density at radius 1 is 1.47 bits per heavy atom. The molecule has 0 fully saturated rings. The number of halogens is 1. The number of ketones is 1. The third-order valence-electron chi connectivity index (χ3n) is 2.32. The van der Waals surface area contributed by atoms with E-state index in [9.17, 15) is 4.79 Å². The number of hydrogen-bond acceptors (Lipinski definition) is 2. The Balaban J connectivity index is 2.17. The zero-order valence-corrected chi connectivity index (χ0v) is 10.9. The van der Waals surface area contributed by atoms with Crippen molar-refractivity contribution < 1.29 is 4.79 Å². The molecule has 0 N–H and O–H groups in total. The molecule has 0 saturated carbocycles. The van der Waals surface area contributed by atoms with Crippen LogP contribution in [0.4, 0.5) is 0 Å². The summed E-state index contributed by atoms with van der Waals surface area (Å²) in [6.45, 7) is 0. The molecular formula is C13H11BrN2O. The van der Waals surface area contributed by atoms with Crippen LogP contribution in [0.15, 0.2) is 47.2 Å². The highest BCUT2D eigenvalue weighted by atomic mass is 79.9. The normalized spacial score (nSPS) is 10.9. The van der Waals surface area contributed by atoms with Crippen molar-refractivity contribution in [2.75, 3.05) is 0 Å². The van der Waals surface area contributed by atoms with E-state index in [1.807, 2.05) is 24.3 Å². The van der Waals surface area contributed by atoms with E-state index in [-0.39, 0.29) is 5.78 Å². The maximum atomic E-state index is 11.8. The molecule has 0 atom stereocenters. The number of hydrogen-bond donors (Lipinski definition) is 0. The molecule has 86 valence electrons. The van der Waals surface area contributed by atoms with E-state index in [4.69, 9.17) is 0 Å². The Kier molecular flexibility index (Phi) is 3.54. The SMILES string of the molecule is Cn1ccnc1C(=O)/C=C/c1cccc(Br)c1. The quantitative estimate of drug-likeness (QED) is 0.643. The Morgan fingerprint density at radius 3 is 2.94 bits per heavy atom. The molecular weight excluding hydrogens is 280 g/mol. The Hall–Kier alpha value is -1.68. The van der Waals surface area contributed by atoms with Gasteiger partial charge in [0.1, 0.15) is 0 Å². The van der Waals surface area contributed by atoms with Gasteiger partial charge in [0.25, 0.3) is 0 Å². The van der Waals surface area contributed by atoms with Gasteiger partial charge in [0.15, 0.2) is 5.82 Å². The molecule has 1 aromatic heterocycles. The van der Waals surface area contributed by atoms with E-state index in [0.717, 1.165) is 10.0 Å². The van der Waals surface area contributed by atoms with Crippen LogP contribution in [-0.2, 0) is 7.05 Å². The van der Waals surface area contributed by atoms with Crippen LogP contribution in [0.25, 0.3) is 6.08 Å². The highest BCUT2D eigenvalue weighted by Crippen LogP contribution is 2.13. The molecule has 0 aliphatic carbocycles. The van der Waals surface area contributed by atoms with Gasteiger partial charge in [-0.15, -0.1) is 0 Å². The number of aromatic nitrogens is 2. The summed E-state index contributed by atoms with van der Waals surface area (Å²) in [7, 11) is 1.80. The molecule has 0 radical (unpaired) electrons. The fourth-order valence-corrected chi connectivity index (χ4v) is 1.88. The maximum Gasteiger partial charge on any atom is 0.221 e. The van der Waals surface area contributed by atoms with Crippen LogP contribution >= 0.6 is 15.9 Å². The van der Waals surface area contributed by atoms with Gasteiger partial charge in [-0.2, -0.15) is 0 Å². The number of aryl methyl sites for hydroxylation is 1. The standard InChI is InChI=1S/C13H11BrN2O/c1-16-8-7-15-13(16)12(17)6-5-10-3-2-4-11(14)9-10/h2-9H,1H3/b6-5+. The molecule has 4 heteroatoms. The van der Waals surface area contributed by atoms with E-state index in [1.165, 1.54) is 6.08 Å². The Bertz CT molecular complexity index is 572. The number of rotatable bonds is 3. The maximum absolute atomic E-state index is 11.8. The van der Waals surface area contributed by atoms with Crippen LogP contribution in [0.3, 0.4) is 0 Å². The van der Waals surface area contributed by atoms with Crippen molar-refractivity contribution in [2.24, 2.45) is 7.05 Å². The zero-order valence-electron chi connectivity index (χ0n) is 9.30. The molecule has 0 aliphatic rings. The van der Waals surface area contributed by atoms with Crippen molar-refractivity contribution in [1.82, 2.24) is 9.55 Å². The fourth-order valence-electron chi connectivity index (χ4n) is 1.46. The number of nitrogens with zero attached hydrogens (tertiary/aromatic N) is 2. The minimum Gasteiger partial charge on any atom is -0.331 e. The molecule has 0 unspecified atom stereocenters. The second-order valence-corrected chi connectivity index (χ2v) is 4.53. The number of carbonyl (C=O) groups excluding carboxylic acids is 1. The molecule has 2 rings (SSSR count). The van der Waals surface area contributed by atoms with Gasteiger partial charge in [0.2, 0.25) is 5.78 Å². The second-order valence-electron chi connectivity index (χ2n) is 3.61. The van der Waals surface area contributed by atoms with Crippen molar-refractivity contribution in [3.63, 3.8) is 0 Å². The topological polar surface area (TPSA) is 34.9 Å². The molecule has 0 saturated heterocycles. The van der Waals surface area contributed by atoms with Gasteiger partial charge in [0.05, 0.1) is 0 Å². The Labute approximate surface area is 108 Å². The number of allylic oxidation sites excluding steroid dienone is 1. The van der Waals surface area contributed by atoms with Gasteiger partial charge in [0, 0.05) is 23.9 Å². The first-order chi connectivity index (χ1) is 8.16. The lowest BCUT2D eigenvalue weighted by Crippen LogP contribution is -2.03. The largest absolute Gasteiger partial charge is 0.331 e. The van der Waals surface area contributed by atoms with Gasteiger partial charge < -0.3 is 4.57 Å². The zero-order chi connectivity index (χ0) is 12.3. The van der Waals surface area contributed by atoms with Crippen molar-refractivity contribution >= 4 is 27.8 Å². The first-order valence-electron chi connectivity index (χ1n) is 5.12. The van der Waals surface area contributed by atoms with Crippen molar-refractivity contribution in [3.05, 3.63) is 58.6 Å². The first kappa shape index (κ1) is 11.8. The highest BCUT2D eigenvalue weighted by molar-refractivity contribution is 9.10. The van der Waals surface area contributed by atoms with Crippen molar-refractivity contribution in [3.8, 4) is 0 Å². The lowest BCUT2D eigenvalue weighted by Gasteiger charge is -1.96. The molecule has 2 aromatic rings. The second kappa shape index (κ2) is 5.10. The van der Waals surface area contributed by atoms with Crippen LogP contribution < -0.4 is 0 Å². The van der Waals surface area contributed by atoms with Gasteiger partial charge in [-0.3, -0.25) is 4.79 Å². The number of imidazole rings is 1. The fraction of sp³-hybridized carbons (Fsp3) is 0.0769. The van der Waals surface area contributed by atoms with E-state index in [1.54, 1.807) is 30.1 Å². The highest BCUT2D eigenvalue weighted by Gasteiger charge is 2.06. The minimum atomic E-state index is -0.0996. The number of carbonyl (C=O) groups is 1. The lowest BCUT2D eigenvalue weighted by atomic mass is 10.2. The van der Waals surface area contributed by atoms with Crippen LogP contribution in [0, 0.1) is 0 Å². The van der Waals surface area contributed by atoms with Crippen LogP contribution in [-0.4, -0.2) is 15.3 Å². The van der Waals surface area contributed by atoms with E-state index in [2.05, 4.69) is 20.9 Å². The van der Waals surface area contributed by atoms with Crippen LogP contribution in [0.1, 0.15) is 16.2 Å². The molecule has 0 spiro atoms. The summed E-state index contributed by atoms with van der Waals surface area (Å²) in [4.78, 5) is 15.8. The summed E-state index contributed by atoms with van der Waals surface area (Å²) in [5.41, 5.74) is 0.974. The molecule has 0 bridgehead atoms. The van der Waals surface area contributed by atoms with Crippen LogP contribution in [0.2, 0.25) is 0 Å². The molecule has 1 heterocycles. The molecule has 3 nitrogen and oxygen atoms in total. The minimum absolute atomic E-state index is 0.0996. The van der Waals surface area contributed by atoms with Gasteiger partial charge in [-0.05, 0) is 23.8 Å². The average molecular weight is 291 g/mol. The smallest absolute Gasteiger partial charge is 0.221 e. The molecule has 0 aliphatic heterocycles. The summed E-state index contributed by atoms with van der Waals surface area (Å²) in [5, 5.41) is 0. The van der Waals surface area contributed by atoms with Crippen molar-refractivity contribution in [1.29, 1.82) is 0 Å². The third kappa shape index (κ3) is 2.91. The van der Waals surface area contributed by atoms with E-state index in [0.29, 0.717) is 5.82 Å². The number of benzene rings is 1. The monoisotopic (exact) mass is 290 g/mol. The summed E-state index contributed by atoms with van der Waals surface area (Å²) in [6, 6.07) is 7.75.